The Morgan fingerprint density at radius 1 is 1.23 bits per heavy atom. The third kappa shape index (κ3) is 6.00. The molecule has 0 unspecified atom stereocenters. The minimum Gasteiger partial charge on any atom is -0.465 e. The Balaban J connectivity index is 1.92. The lowest BCUT2D eigenvalue weighted by Crippen LogP contribution is -2.33. The first kappa shape index (κ1) is 20.2. The lowest BCUT2D eigenvalue weighted by atomic mass is 9.97. The number of halogens is 1. The highest BCUT2D eigenvalue weighted by molar-refractivity contribution is 7.80. The van der Waals surface area contributed by atoms with E-state index in [4.69, 9.17) is 28.6 Å². The van der Waals surface area contributed by atoms with E-state index in [0.717, 1.165) is 19.4 Å². The van der Waals surface area contributed by atoms with E-state index in [-0.39, 0.29) is 0 Å². The molecule has 0 aliphatic carbocycles. The fourth-order valence-electron chi connectivity index (χ4n) is 2.58. The van der Waals surface area contributed by atoms with Gasteiger partial charge in [-0.3, -0.25) is 0 Å². The monoisotopic (exact) mass is 390 g/mol. The van der Waals surface area contributed by atoms with Crippen molar-refractivity contribution in [2.45, 2.75) is 19.8 Å². The van der Waals surface area contributed by atoms with E-state index < -0.39 is 5.97 Å². The molecule has 2 aromatic rings. The minimum atomic E-state index is -0.419. The number of thiocarbonyl (C=S) groups is 1. The van der Waals surface area contributed by atoms with Gasteiger partial charge in [0.15, 0.2) is 5.11 Å². The van der Waals surface area contributed by atoms with Gasteiger partial charge >= 0.3 is 5.97 Å². The number of hydrogen-bond donors (Lipinski definition) is 2. The highest BCUT2D eigenvalue weighted by Gasteiger charge is 2.11. The molecule has 2 aromatic carbocycles. The van der Waals surface area contributed by atoms with E-state index >= 15 is 0 Å². The van der Waals surface area contributed by atoms with Gasteiger partial charge in [0.25, 0.3) is 0 Å². The Labute approximate surface area is 164 Å². The quantitative estimate of drug-likeness (QED) is 0.531. The maximum atomic E-state index is 11.6. The number of hydrogen-bond acceptors (Lipinski definition) is 3. The Hall–Kier alpha value is -2.11. The zero-order valence-electron chi connectivity index (χ0n) is 14.9. The molecule has 138 valence electrons. The third-order valence-corrected chi connectivity index (χ3v) is 4.71. The summed E-state index contributed by atoms with van der Waals surface area (Å²) in [6.07, 6.45) is 2.04. The summed E-state index contributed by atoms with van der Waals surface area (Å²) in [6.45, 7) is 2.92. The van der Waals surface area contributed by atoms with E-state index in [2.05, 4.69) is 41.8 Å². The molecule has 0 bridgehead atoms. The third-order valence-electron chi connectivity index (χ3n) is 4.13. The Morgan fingerprint density at radius 3 is 2.62 bits per heavy atom. The second-order valence-electron chi connectivity index (χ2n) is 5.99. The van der Waals surface area contributed by atoms with E-state index in [1.807, 2.05) is 6.07 Å². The lowest BCUT2D eigenvalue weighted by Gasteiger charge is -2.18. The van der Waals surface area contributed by atoms with Crippen LogP contribution < -0.4 is 10.6 Å². The molecule has 0 saturated heterocycles. The lowest BCUT2D eigenvalue weighted by molar-refractivity contribution is 0.0601. The van der Waals surface area contributed by atoms with Crippen molar-refractivity contribution in [2.75, 3.05) is 19.0 Å². The van der Waals surface area contributed by atoms with Crippen molar-refractivity contribution in [1.82, 2.24) is 5.32 Å². The first-order valence-corrected chi connectivity index (χ1v) is 9.28. The summed E-state index contributed by atoms with van der Waals surface area (Å²) in [5, 5.41) is 7.25. The van der Waals surface area contributed by atoms with Crippen molar-refractivity contribution in [2.24, 2.45) is 5.92 Å². The van der Waals surface area contributed by atoms with Crippen LogP contribution in [0.3, 0.4) is 0 Å². The van der Waals surface area contributed by atoms with Gasteiger partial charge in [-0.05, 0) is 48.3 Å². The van der Waals surface area contributed by atoms with Crippen molar-refractivity contribution >= 4 is 40.6 Å². The van der Waals surface area contributed by atoms with Crippen LogP contribution in [0.15, 0.2) is 48.5 Å². The molecular weight excluding hydrogens is 368 g/mol. The number of anilines is 1. The highest BCUT2D eigenvalue weighted by Crippen LogP contribution is 2.23. The first-order valence-electron chi connectivity index (χ1n) is 8.50. The van der Waals surface area contributed by atoms with Crippen LogP contribution in [-0.2, 0) is 11.2 Å². The normalized spacial score (nSPS) is 11.5. The maximum Gasteiger partial charge on any atom is 0.337 e. The van der Waals surface area contributed by atoms with Gasteiger partial charge in [0.05, 0.1) is 23.4 Å². The summed E-state index contributed by atoms with van der Waals surface area (Å²) in [6, 6.07) is 15.3. The molecule has 0 fully saturated rings. The molecule has 6 heteroatoms. The molecule has 0 saturated carbocycles. The molecule has 0 amide bonds. The Kier molecular flexibility index (Phi) is 7.88. The van der Waals surface area contributed by atoms with Gasteiger partial charge in [0, 0.05) is 6.54 Å². The van der Waals surface area contributed by atoms with Crippen LogP contribution in [0.1, 0.15) is 29.3 Å². The summed E-state index contributed by atoms with van der Waals surface area (Å²) in [4.78, 5) is 11.6. The van der Waals surface area contributed by atoms with Crippen LogP contribution in [0.4, 0.5) is 5.69 Å². The Morgan fingerprint density at radius 2 is 1.96 bits per heavy atom. The average molecular weight is 391 g/mol. The SMILES string of the molecule is CC[C@@H](CNC(=S)Nc1cc(C(=O)OC)ccc1Cl)Cc1ccccc1. The molecule has 4 nitrogen and oxygen atoms in total. The summed E-state index contributed by atoms with van der Waals surface area (Å²) in [7, 11) is 1.34. The van der Waals surface area contributed by atoms with Gasteiger partial charge in [-0.15, -0.1) is 0 Å². The van der Waals surface area contributed by atoms with Gasteiger partial charge < -0.3 is 15.4 Å². The number of rotatable bonds is 7. The van der Waals surface area contributed by atoms with E-state index in [1.54, 1.807) is 18.2 Å². The molecule has 0 spiro atoms. The zero-order chi connectivity index (χ0) is 18.9. The zero-order valence-corrected chi connectivity index (χ0v) is 16.5. The van der Waals surface area contributed by atoms with Crippen molar-refractivity contribution in [3.63, 3.8) is 0 Å². The molecule has 2 N–H and O–H groups in total. The number of carbonyl (C=O) groups is 1. The molecule has 1 atom stereocenters. The van der Waals surface area contributed by atoms with E-state index in [0.29, 0.717) is 27.3 Å². The fourth-order valence-corrected chi connectivity index (χ4v) is 2.94. The van der Waals surface area contributed by atoms with Gasteiger partial charge in [-0.1, -0.05) is 55.3 Å². The predicted octanol–water partition coefficient (Wildman–Crippen LogP) is 4.68. The predicted molar refractivity (Wildman–Crippen MR) is 111 cm³/mol. The topological polar surface area (TPSA) is 50.4 Å². The van der Waals surface area contributed by atoms with Crippen molar-refractivity contribution in [3.8, 4) is 0 Å². The van der Waals surface area contributed by atoms with Gasteiger partial charge in [0.2, 0.25) is 0 Å². The smallest absolute Gasteiger partial charge is 0.337 e. The molecular formula is C20H23ClN2O2S. The second-order valence-corrected chi connectivity index (χ2v) is 6.80. The number of carbonyl (C=O) groups excluding carboxylic acids is 1. The standard InChI is InChI=1S/C20H23ClN2O2S/c1-3-14(11-15-7-5-4-6-8-15)13-22-20(26)23-18-12-16(19(24)25-2)9-10-17(18)21/h4-10,12,14H,3,11,13H2,1-2H3,(H2,22,23,26)/t14-/m1/s1. The molecule has 0 aromatic heterocycles. The van der Waals surface area contributed by atoms with Crippen molar-refractivity contribution in [1.29, 1.82) is 0 Å². The number of esters is 1. The number of ether oxygens (including phenoxy) is 1. The summed E-state index contributed by atoms with van der Waals surface area (Å²) >= 11 is 11.6. The molecule has 0 heterocycles. The fraction of sp³-hybridized carbons (Fsp3) is 0.300. The van der Waals surface area contributed by atoms with Gasteiger partial charge in [-0.2, -0.15) is 0 Å². The summed E-state index contributed by atoms with van der Waals surface area (Å²) in [5.41, 5.74) is 2.30. The summed E-state index contributed by atoms with van der Waals surface area (Å²) < 4.78 is 4.73. The second kappa shape index (κ2) is 10.1. The number of nitrogens with one attached hydrogen (secondary N) is 2. The number of methoxy groups -OCH3 is 1. The molecule has 0 aliphatic heterocycles. The molecule has 2 rings (SSSR count). The average Bonchev–Trinajstić information content (AvgIpc) is 2.67. The van der Waals surface area contributed by atoms with E-state index in [9.17, 15) is 4.79 Å². The molecule has 0 aliphatic rings. The largest absolute Gasteiger partial charge is 0.465 e. The summed E-state index contributed by atoms with van der Waals surface area (Å²) in [5.74, 6) is 0.0477. The number of benzene rings is 2. The highest BCUT2D eigenvalue weighted by atomic mass is 35.5. The van der Waals surface area contributed by atoms with Gasteiger partial charge in [0.1, 0.15) is 0 Å². The Bertz CT molecular complexity index is 753. The van der Waals surface area contributed by atoms with Crippen LogP contribution in [0.2, 0.25) is 5.02 Å². The van der Waals surface area contributed by atoms with Crippen LogP contribution >= 0.6 is 23.8 Å². The van der Waals surface area contributed by atoms with Crippen LogP contribution in [0, 0.1) is 5.92 Å². The van der Waals surface area contributed by atoms with Crippen LogP contribution in [0.25, 0.3) is 0 Å². The van der Waals surface area contributed by atoms with E-state index in [1.165, 1.54) is 12.7 Å². The van der Waals surface area contributed by atoms with Crippen molar-refractivity contribution < 1.29 is 9.53 Å². The van der Waals surface area contributed by atoms with Gasteiger partial charge in [-0.25, -0.2) is 4.79 Å². The van der Waals surface area contributed by atoms with Crippen molar-refractivity contribution in [3.05, 3.63) is 64.7 Å². The first-order chi connectivity index (χ1) is 12.5. The van der Waals surface area contributed by atoms with Crippen LogP contribution in [-0.4, -0.2) is 24.7 Å². The molecule has 26 heavy (non-hydrogen) atoms. The molecule has 0 radical (unpaired) electrons. The van der Waals surface area contributed by atoms with Crippen LogP contribution in [0.5, 0.6) is 0 Å². The minimum absolute atomic E-state index is 0.415. The maximum absolute atomic E-state index is 11.6.